The minimum Gasteiger partial charge on any atom is -0.383 e. The van der Waals surface area contributed by atoms with Crippen molar-refractivity contribution in [3.8, 4) is 0 Å². The highest BCUT2D eigenvalue weighted by atomic mass is 16.6. The normalized spacial score (nSPS) is 12.8. The third-order valence-corrected chi connectivity index (χ3v) is 5.13. The number of imide groups is 1. The van der Waals surface area contributed by atoms with E-state index in [-0.39, 0.29) is 23.6 Å². The van der Waals surface area contributed by atoms with Crippen molar-refractivity contribution < 1.29 is 19.3 Å². The van der Waals surface area contributed by atoms with E-state index in [9.17, 15) is 34.1 Å². The number of nitrogens with zero attached hydrogens (tertiary/aromatic N) is 4. The van der Waals surface area contributed by atoms with Gasteiger partial charge in [-0.3, -0.25) is 43.7 Å². The molecule has 1 aliphatic rings. The molecule has 168 valence electrons. The molecule has 3 rings (SSSR count). The van der Waals surface area contributed by atoms with E-state index >= 15 is 0 Å². The Bertz CT molecular complexity index is 1260. The molecule has 0 bridgehead atoms. The van der Waals surface area contributed by atoms with Crippen LogP contribution in [0.15, 0.2) is 27.8 Å². The molecular weight excluding hydrogens is 424 g/mol. The Morgan fingerprint density at radius 3 is 2.53 bits per heavy atom. The summed E-state index contributed by atoms with van der Waals surface area (Å²) in [7, 11) is 1.21. The molecule has 13 heteroatoms. The lowest BCUT2D eigenvalue weighted by Crippen LogP contribution is -2.44. The Hall–Kier alpha value is -4.29. The lowest BCUT2D eigenvalue weighted by molar-refractivity contribution is -0.385. The van der Waals surface area contributed by atoms with Crippen LogP contribution < -0.4 is 21.9 Å². The number of aromatic nitrogens is 2. The van der Waals surface area contributed by atoms with Crippen LogP contribution in [0.2, 0.25) is 0 Å². The van der Waals surface area contributed by atoms with Gasteiger partial charge in [0.15, 0.2) is 5.69 Å². The van der Waals surface area contributed by atoms with Crippen molar-refractivity contribution in [1.82, 2.24) is 14.5 Å². The van der Waals surface area contributed by atoms with E-state index in [0.29, 0.717) is 11.3 Å². The largest absolute Gasteiger partial charge is 0.383 e. The second kappa shape index (κ2) is 8.45. The zero-order valence-electron chi connectivity index (χ0n) is 17.3. The number of nitrogen functional groups attached to an aromatic ring is 1. The number of carbonyl (C=O) groups excluding carboxylic acids is 3. The molecule has 1 aromatic carbocycles. The van der Waals surface area contributed by atoms with Crippen LogP contribution in [-0.2, 0) is 11.3 Å². The molecule has 1 aromatic heterocycles. The third kappa shape index (κ3) is 3.64. The molecule has 0 radical (unpaired) electrons. The molecule has 0 fully saturated rings. The van der Waals surface area contributed by atoms with Gasteiger partial charge in [-0.2, -0.15) is 0 Å². The maximum absolute atomic E-state index is 12.8. The topological polar surface area (TPSA) is 182 Å². The van der Waals surface area contributed by atoms with Crippen molar-refractivity contribution in [1.29, 1.82) is 0 Å². The summed E-state index contributed by atoms with van der Waals surface area (Å²) >= 11 is 0. The summed E-state index contributed by atoms with van der Waals surface area (Å²) in [6.45, 7) is 1.33. The molecule has 3 N–H and O–H groups in total. The molecule has 13 nitrogen and oxygen atoms in total. The number of likely N-dealkylation sites (N-methyl/N-ethyl adjacent to an activating group) is 1. The van der Waals surface area contributed by atoms with Gasteiger partial charge < -0.3 is 10.6 Å². The SMILES string of the molecule is CCCCn1c(N)c(N(C)C(=O)CN2C(=O)c3cccc([N+](=O)[O-])c3C2=O)c(=O)[nH]c1=O. The molecule has 0 aliphatic carbocycles. The number of nitrogens with two attached hydrogens (primary N) is 1. The van der Waals surface area contributed by atoms with Gasteiger partial charge in [0.05, 0.1) is 10.5 Å². The summed E-state index contributed by atoms with van der Waals surface area (Å²) in [5.74, 6) is -2.96. The van der Waals surface area contributed by atoms with Crippen molar-refractivity contribution in [2.75, 3.05) is 24.2 Å². The fourth-order valence-corrected chi connectivity index (χ4v) is 3.42. The average molecular weight is 444 g/mol. The van der Waals surface area contributed by atoms with Gasteiger partial charge in [0.25, 0.3) is 23.1 Å². The van der Waals surface area contributed by atoms with Crippen molar-refractivity contribution in [2.24, 2.45) is 0 Å². The molecule has 0 atom stereocenters. The number of nitro benzene ring substituents is 1. The lowest BCUT2D eigenvalue weighted by Gasteiger charge is -2.22. The highest BCUT2D eigenvalue weighted by Gasteiger charge is 2.42. The smallest absolute Gasteiger partial charge is 0.330 e. The molecule has 0 unspecified atom stereocenters. The van der Waals surface area contributed by atoms with Gasteiger partial charge in [-0.05, 0) is 12.5 Å². The number of rotatable bonds is 7. The van der Waals surface area contributed by atoms with Gasteiger partial charge in [-0.1, -0.05) is 19.4 Å². The van der Waals surface area contributed by atoms with Gasteiger partial charge in [0, 0.05) is 19.7 Å². The second-order valence-electron chi connectivity index (χ2n) is 7.10. The Kier molecular flexibility index (Phi) is 5.91. The van der Waals surface area contributed by atoms with Crippen LogP contribution in [0.3, 0.4) is 0 Å². The second-order valence-corrected chi connectivity index (χ2v) is 7.10. The van der Waals surface area contributed by atoms with Crippen molar-refractivity contribution in [2.45, 2.75) is 26.3 Å². The third-order valence-electron chi connectivity index (χ3n) is 5.13. The monoisotopic (exact) mass is 444 g/mol. The lowest BCUT2D eigenvalue weighted by atomic mass is 10.1. The predicted octanol–water partition coefficient (Wildman–Crippen LogP) is 0.0861. The first kappa shape index (κ1) is 22.4. The summed E-state index contributed by atoms with van der Waals surface area (Å²) in [6, 6.07) is 3.60. The number of carbonyl (C=O) groups is 3. The molecule has 32 heavy (non-hydrogen) atoms. The summed E-state index contributed by atoms with van der Waals surface area (Å²) in [4.78, 5) is 76.4. The van der Waals surface area contributed by atoms with E-state index in [0.717, 1.165) is 22.0 Å². The number of aromatic amines is 1. The molecule has 2 aromatic rings. The molecular formula is C19H20N6O7. The Labute approximate surface area is 180 Å². The molecule has 2 heterocycles. The fraction of sp³-hybridized carbons (Fsp3) is 0.316. The fourth-order valence-electron chi connectivity index (χ4n) is 3.42. The van der Waals surface area contributed by atoms with Gasteiger partial charge in [-0.15, -0.1) is 0 Å². The predicted molar refractivity (Wildman–Crippen MR) is 113 cm³/mol. The van der Waals surface area contributed by atoms with E-state index in [1.54, 1.807) is 0 Å². The van der Waals surface area contributed by atoms with Crippen LogP contribution in [-0.4, -0.2) is 50.7 Å². The number of nitro groups is 1. The first-order chi connectivity index (χ1) is 15.1. The van der Waals surface area contributed by atoms with Crippen LogP contribution in [0.25, 0.3) is 0 Å². The number of unbranched alkanes of at least 4 members (excludes halogenated alkanes) is 1. The number of benzene rings is 1. The zero-order valence-corrected chi connectivity index (χ0v) is 17.3. The minimum absolute atomic E-state index is 0.190. The van der Waals surface area contributed by atoms with Gasteiger partial charge in [-0.25, -0.2) is 4.79 Å². The van der Waals surface area contributed by atoms with Crippen molar-refractivity contribution >= 4 is 34.9 Å². The summed E-state index contributed by atoms with van der Waals surface area (Å²) in [5.41, 5.74) is 2.89. The van der Waals surface area contributed by atoms with E-state index < -0.39 is 51.7 Å². The average Bonchev–Trinajstić information content (AvgIpc) is 2.98. The summed E-state index contributed by atoms with van der Waals surface area (Å²) in [6.07, 6.45) is 1.35. The molecule has 1 aliphatic heterocycles. The minimum atomic E-state index is -0.992. The number of anilines is 2. The molecule has 0 saturated heterocycles. The van der Waals surface area contributed by atoms with Crippen LogP contribution in [0, 0.1) is 10.1 Å². The van der Waals surface area contributed by atoms with E-state index in [2.05, 4.69) is 4.98 Å². The quantitative estimate of drug-likeness (QED) is 0.342. The van der Waals surface area contributed by atoms with E-state index in [1.807, 2.05) is 6.92 Å². The highest BCUT2D eigenvalue weighted by Crippen LogP contribution is 2.30. The summed E-state index contributed by atoms with van der Waals surface area (Å²) < 4.78 is 1.12. The number of hydrogen-bond acceptors (Lipinski definition) is 8. The Morgan fingerprint density at radius 1 is 1.22 bits per heavy atom. The van der Waals surface area contributed by atoms with Gasteiger partial charge >= 0.3 is 5.69 Å². The summed E-state index contributed by atoms with van der Waals surface area (Å²) in [5, 5.41) is 11.2. The van der Waals surface area contributed by atoms with E-state index in [4.69, 9.17) is 5.73 Å². The number of nitrogens with one attached hydrogen (secondary N) is 1. The molecule has 3 amide bonds. The number of H-pyrrole nitrogens is 1. The van der Waals surface area contributed by atoms with Crippen LogP contribution in [0.5, 0.6) is 0 Å². The molecule has 0 saturated carbocycles. The number of fused-ring (bicyclic) bond motifs is 1. The Morgan fingerprint density at radius 2 is 1.91 bits per heavy atom. The van der Waals surface area contributed by atoms with Gasteiger partial charge in [0.1, 0.15) is 17.9 Å². The number of amides is 3. The van der Waals surface area contributed by atoms with Gasteiger partial charge in [0.2, 0.25) is 5.91 Å². The maximum Gasteiger partial charge on any atom is 0.330 e. The van der Waals surface area contributed by atoms with E-state index in [1.165, 1.54) is 19.2 Å². The van der Waals surface area contributed by atoms with Crippen LogP contribution >= 0.6 is 0 Å². The number of hydrogen-bond donors (Lipinski definition) is 2. The van der Waals surface area contributed by atoms with Crippen LogP contribution in [0.1, 0.15) is 40.5 Å². The first-order valence-corrected chi connectivity index (χ1v) is 9.62. The molecule has 0 spiro atoms. The standard InChI is InChI=1S/C19H20N6O7/c1-3-4-8-23-15(20)14(16(27)21-19(23)30)22(2)12(26)9-24-17(28)10-6-5-7-11(25(31)32)13(10)18(24)29/h5-7H,3-4,8-9,20H2,1-2H3,(H,21,27,30). The zero-order chi connectivity index (χ0) is 23.7. The first-order valence-electron chi connectivity index (χ1n) is 9.62. The maximum atomic E-state index is 12.8. The Balaban J connectivity index is 1.92. The van der Waals surface area contributed by atoms with Crippen molar-refractivity contribution in [3.05, 3.63) is 60.3 Å². The highest BCUT2D eigenvalue weighted by molar-refractivity contribution is 6.24. The van der Waals surface area contributed by atoms with Crippen LogP contribution in [0.4, 0.5) is 17.2 Å². The van der Waals surface area contributed by atoms with Crippen molar-refractivity contribution in [3.63, 3.8) is 0 Å².